The first-order valence-corrected chi connectivity index (χ1v) is 6.44. The van der Waals surface area contributed by atoms with Crippen LogP contribution in [0.2, 0.25) is 0 Å². The molecule has 1 aliphatic carbocycles. The molecule has 17 heavy (non-hydrogen) atoms. The van der Waals surface area contributed by atoms with Crippen molar-refractivity contribution in [2.24, 2.45) is 5.41 Å². The van der Waals surface area contributed by atoms with Crippen LogP contribution in [0.3, 0.4) is 0 Å². The van der Waals surface area contributed by atoms with Crippen LogP contribution in [-0.2, 0) is 0 Å². The van der Waals surface area contributed by atoms with Crippen molar-refractivity contribution >= 4 is 0 Å². The maximum atomic E-state index is 13.8. The van der Waals surface area contributed by atoms with E-state index >= 15 is 0 Å². The minimum absolute atomic E-state index is 0.0887. The van der Waals surface area contributed by atoms with Crippen molar-refractivity contribution in [3.8, 4) is 0 Å². The van der Waals surface area contributed by atoms with Crippen LogP contribution < -0.4 is 5.32 Å². The van der Waals surface area contributed by atoms with E-state index in [1.54, 1.807) is 12.3 Å². The number of nitrogens with one attached hydrogen (secondary N) is 1. The topological polar surface area (TPSA) is 24.9 Å². The molecule has 1 aromatic rings. The van der Waals surface area contributed by atoms with E-state index in [0.29, 0.717) is 0 Å². The number of hydrogen-bond acceptors (Lipinski definition) is 2. The third-order valence-electron chi connectivity index (χ3n) is 4.10. The monoisotopic (exact) mass is 236 g/mol. The van der Waals surface area contributed by atoms with Gasteiger partial charge >= 0.3 is 0 Å². The van der Waals surface area contributed by atoms with Crippen LogP contribution in [0.1, 0.15) is 50.6 Å². The molecule has 1 unspecified atom stereocenters. The highest BCUT2D eigenvalue weighted by Crippen LogP contribution is 2.45. The van der Waals surface area contributed by atoms with Crippen LogP contribution in [0.4, 0.5) is 4.39 Å². The lowest BCUT2D eigenvalue weighted by atomic mass is 9.68. The Hall–Kier alpha value is -0.960. The van der Waals surface area contributed by atoms with Gasteiger partial charge in [0.05, 0.1) is 6.20 Å². The number of aromatic nitrogens is 1. The third kappa shape index (κ3) is 2.49. The average molecular weight is 236 g/mol. The van der Waals surface area contributed by atoms with Gasteiger partial charge in [-0.25, -0.2) is 4.39 Å². The molecule has 0 aliphatic heterocycles. The molecule has 2 rings (SSSR count). The van der Waals surface area contributed by atoms with Crippen molar-refractivity contribution in [3.63, 3.8) is 0 Å². The van der Waals surface area contributed by atoms with Crippen LogP contribution in [0.5, 0.6) is 0 Å². The fraction of sp³-hybridized carbons (Fsp3) is 0.643. The molecule has 1 atom stereocenters. The van der Waals surface area contributed by atoms with Crippen molar-refractivity contribution in [2.45, 2.75) is 45.1 Å². The lowest BCUT2D eigenvalue weighted by Crippen LogP contribution is -2.36. The van der Waals surface area contributed by atoms with Crippen LogP contribution in [0.25, 0.3) is 0 Å². The number of pyridine rings is 1. The highest BCUT2D eigenvalue weighted by molar-refractivity contribution is 5.20. The first-order chi connectivity index (χ1) is 8.17. The molecule has 1 aromatic heterocycles. The quantitative estimate of drug-likeness (QED) is 0.869. The molecule has 0 aromatic carbocycles. The fourth-order valence-electron chi connectivity index (χ4n) is 3.15. The molecule has 0 radical (unpaired) electrons. The highest BCUT2D eigenvalue weighted by Gasteiger charge is 2.36. The molecule has 1 aliphatic rings. The van der Waals surface area contributed by atoms with Gasteiger partial charge in [-0.05, 0) is 31.4 Å². The summed E-state index contributed by atoms with van der Waals surface area (Å²) in [5.41, 5.74) is 0.918. The second kappa shape index (κ2) is 5.13. The standard InChI is InChI=1S/C14H21FN2/c1-14(7-4-3-5-8-14)13(16-2)11-6-9-17-10-12(11)15/h6,9-10,13,16H,3-5,7-8H2,1-2H3. The second-order valence-electron chi connectivity index (χ2n) is 5.33. The summed E-state index contributed by atoms with van der Waals surface area (Å²) < 4.78 is 13.8. The van der Waals surface area contributed by atoms with Crippen LogP contribution >= 0.6 is 0 Å². The number of nitrogens with zero attached hydrogens (tertiary/aromatic N) is 1. The predicted octanol–water partition coefficient (Wildman–Crippen LogP) is 3.45. The lowest BCUT2D eigenvalue weighted by Gasteiger charge is -2.41. The van der Waals surface area contributed by atoms with E-state index in [1.165, 1.54) is 38.3 Å². The molecule has 0 amide bonds. The molecular formula is C14H21FN2. The largest absolute Gasteiger partial charge is 0.312 e. The number of halogens is 1. The Bertz CT molecular complexity index is 372. The number of rotatable bonds is 3. The molecule has 1 fully saturated rings. The fourth-order valence-corrected chi connectivity index (χ4v) is 3.15. The third-order valence-corrected chi connectivity index (χ3v) is 4.10. The van der Waals surface area contributed by atoms with Gasteiger partial charge in [0.2, 0.25) is 0 Å². The van der Waals surface area contributed by atoms with Crippen molar-refractivity contribution in [3.05, 3.63) is 29.8 Å². The smallest absolute Gasteiger partial charge is 0.146 e. The summed E-state index contributed by atoms with van der Waals surface area (Å²) in [6.45, 7) is 2.27. The van der Waals surface area contributed by atoms with E-state index in [1.807, 2.05) is 7.05 Å². The SMILES string of the molecule is CNC(c1ccncc1F)C1(C)CCCCC1. The van der Waals surface area contributed by atoms with E-state index < -0.39 is 0 Å². The van der Waals surface area contributed by atoms with E-state index in [4.69, 9.17) is 0 Å². The zero-order valence-electron chi connectivity index (χ0n) is 10.7. The van der Waals surface area contributed by atoms with Crippen molar-refractivity contribution in [2.75, 3.05) is 7.05 Å². The lowest BCUT2D eigenvalue weighted by molar-refractivity contribution is 0.147. The van der Waals surface area contributed by atoms with Crippen molar-refractivity contribution in [1.29, 1.82) is 0 Å². The van der Waals surface area contributed by atoms with Gasteiger partial charge in [-0.15, -0.1) is 0 Å². The second-order valence-corrected chi connectivity index (χ2v) is 5.33. The van der Waals surface area contributed by atoms with Crippen LogP contribution in [-0.4, -0.2) is 12.0 Å². The van der Waals surface area contributed by atoms with E-state index in [-0.39, 0.29) is 17.3 Å². The molecule has 1 heterocycles. The molecular weight excluding hydrogens is 215 g/mol. The first kappa shape index (κ1) is 12.5. The van der Waals surface area contributed by atoms with Crippen LogP contribution in [0, 0.1) is 11.2 Å². The summed E-state index contributed by atoms with van der Waals surface area (Å²) in [5.74, 6) is -0.196. The van der Waals surface area contributed by atoms with E-state index in [2.05, 4.69) is 17.2 Å². The normalized spacial score (nSPS) is 21.1. The van der Waals surface area contributed by atoms with Gasteiger partial charge in [0, 0.05) is 17.8 Å². The van der Waals surface area contributed by atoms with Gasteiger partial charge in [-0.3, -0.25) is 4.98 Å². The Morgan fingerprint density at radius 1 is 1.35 bits per heavy atom. The van der Waals surface area contributed by atoms with Gasteiger partial charge in [-0.1, -0.05) is 26.2 Å². The Labute approximate surface area is 103 Å². The van der Waals surface area contributed by atoms with Gasteiger partial charge in [0.15, 0.2) is 0 Å². The van der Waals surface area contributed by atoms with E-state index in [9.17, 15) is 4.39 Å². The molecule has 3 heteroatoms. The maximum absolute atomic E-state index is 13.8. The minimum atomic E-state index is -0.196. The van der Waals surface area contributed by atoms with Crippen molar-refractivity contribution in [1.82, 2.24) is 10.3 Å². The molecule has 0 spiro atoms. The van der Waals surface area contributed by atoms with Gasteiger partial charge in [-0.2, -0.15) is 0 Å². The Kier molecular flexibility index (Phi) is 3.77. The maximum Gasteiger partial charge on any atom is 0.146 e. The molecule has 2 nitrogen and oxygen atoms in total. The summed E-state index contributed by atoms with van der Waals surface area (Å²) in [6, 6.07) is 1.89. The molecule has 94 valence electrons. The minimum Gasteiger partial charge on any atom is -0.312 e. The van der Waals surface area contributed by atoms with E-state index in [0.717, 1.165) is 5.56 Å². The van der Waals surface area contributed by atoms with Gasteiger partial charge in [0.25, 0.3) is 0 Å². The molecule has 0 bridgehead atoms. The van der Waals surface area contributed by atoms with Crippen molar-refractivity contribution < 1.29 is 4.39 Å². The molecule has 1 N–H and O–H groups in total. The Morgan fingerprint density at radius 2 is 2.06 bits per heavy atom. The molecule has 1 saturated carbocycles. The predicted molar refractivity (Wildman–Crippen MR) is 67.2 cm³/mol. The summed E-state index contributed by atoms with van der Waals surface area (Å²) in [5, 5.41) is 3.30. The first-order valence-electron chi connectivity index (χ1n) is 6.44. The summed E-state index contributed by atoms with van der Waals surface area (Å²) in [6.07, 6.45) is 9.13. The van der Waals surface area contributed by atoms with Crippen LogP contribution in [0.15, 0.2) is 18.5 Å². The van der Waals surface area contributed by atoms with Gasteiger partial charge < -0.3 is 5.32 Å². The number of hydrogen-bond donors (Lipinski definition) is 1. The average Bonchev–Trinajstić information content (AvgIpc) is 2.33. The zero-order valence-corrected chi connectivity index (χ0v) is 10.7. The van der Waals surface area contributed by atoms with Gasteiger partial charge in [0.1, 0.15) is 5.82 Å². The summed E-state index contributed by atoms with van der Waals surface area (Å²) in [7, 11) is 1.92. The molecule has 0 saturated heterocycles. The summed E-state index contributed by atoms with van der Waals surface area (Å²) >= 11 is 0. The zero-order chi connectivity index (χ0) is 12.3. The Morgan fingerprint density at radius 3 is 2.65 bits per heavy atom. The summed E-state index contributed by atoms with van der Waals surface area (Å²) in [4.78, 5) is 3.83. The highest BCUT2D eigenvalue weighted by atomic mass is 19.1. The Balaban J connectivity index is 2.29.